The number of benzene rings is 1. The molecule has 3 rings (SSSR count). The van der Waals surface area contributed by atoms with Gasteiger partial charge >= 0.3 is 11.9 Å². The van der Waals surface area contributed by atoms with E-state index < -0.39 is 22.7 Å². The Morgan fingerprint density at radius 2 is 1.96 bits per heavy atom. The smallest absolute Gasteiger partial charge is 0.433 e. The maximum absolute atomic E-state index is 12.4. The fraction of sp³-hybridized carbons (Fsp3) is 0.111. The van der Waals surface area contributed by atoms with Gasteiger partial charge < -0.3 is 14.5 Å². The summed E-state index contributed by atoms with van der Waals surface area (Å²) in [6, 6.07) is 13.3. The van der Waals surface area contributed by atoms with Gasteiger partial charge in [-0.05, 0) is 24.6 Å². The summed E-state index contributed by atoms with van der Waals surface area (Å²) in [5.74, 6) is -2.04. The van der Waals surface area contributed by atoms with E-state index in [9.17, 15) is 19.7 Å². The van der Waals surface area contributed by atoms with Crippen LogP contribution >= 0.6 is 11.3 Å². The van der Waals surface area contributed by atoms with E-state index in [1.807, 2.05) is 30.3 Å². The van der Waals surface area contributed by atoms with Gasteiger partial charge in [-0.15, -0.1) is 11.3 Å². The first kappa shape index (κ1) is 18.3. The normalized spacial score (nSPS) is 10.4. The molecule has 138 valence electrons. The molecule has 0 spiro atoms. The average Bonchev–Trinajstić information content (AvgIpc) is 3.30. The number of anilines is 1. The van der Waals surface area contributed by atoms with Crippen molar-refractivity contribution in [2.45, 2.75) is 6.92 Å². The molecule has 27 heavy (non-hydrogen) atoms. The molecular weight excluding hydrogens is 372 g/mol. The number of nitrogens with zero attached hydrogens (tertiary/aromatic N) is 1. The minimum absolute atomic E-state index is 0.190. The number of ether oxygens (including phenoxy) is 1. The zero-order valence-electron chi connectivity index (χ0n) is 14.1. The second-order valence-corrected chi connectivity index (χ2v) is 6.34. The van der Waals surface area contributed by atoms with Crippen LogP contribution < -0.4 is 5.32 Å². The number of esters is 1. The number of furan rings is 1. The Labute approximate surface area is 157 Å². The van der Waals surface area contributed by atoms with E-state index in [0.29, 0.717) is 0 Å². The van der Waals surface area contributed by atoms with Gasteiger partial charge in [-0.2, -0.15) is 0 Å². The Morgan fingerprint density at radius 1 is 1.22 bits per heavy atom. The highest BCUT2D eigenvalue weighted by Crippen LogP contribution is 2.35. The van der Waals surface area contributed by atoms with Crippen LogP contribution in [0.5, 0.6) is 0 Å². The number of rotatable bonds is 6. The van der Waals surface area contributed by atoms with Crippen LogP contribution in [-0.2, 0) is 4.74 Å². The van der Waals surface area contributed by atoms with Gasteiger partial charge in [0.15, 0.2) is 5.76 Å². The lowest BCUT2D eigenvalue weighted by Gasteiger charge is -2.04. The summed E-state index contributed by atoms with van der Waals surface area (Å²) in [7, 11) is 0. The molecule has 1 aromatic carbocycles. The van der Waals surface area contributed by atoms with E-state index in [0.717, 1.165) is 16.5 Å². The average molecular weight is 386 g/mol. The van der Waals surface area contributed by atoms with Crippen LogP contribution in [0.4, 0.5) is 11.6 Å². The minimum Gasteiger partial charge on any atom is -0.462 e. The number of nitrogens with one attached hydrogen (secondary N) is 1. The lowest BCUT2D eigenvalue weighted by Crippen LogP contribution is -2.13. The molecule has 1 N–H and O–H groups in total. The zero-order valence-corrected chi connectivity index (χ0v) is 14.9. The number of carbonyl (C=O) groups is 2. The topological polar surface area (TPSA) is 112 Å². The van der Waals surface area contributed by atoms with Crippen molar-refractivity contribution in [3.8, 4) is 10.4 Å². The molecule has 0 radical (unpaired) electrons. The van der Waals surface area contributed by atoms with Crippen molar-refractivity contribution >= 4 is 34.8 Å². The number of hydrogen-bond acceptors (Lipinski definition) is 7. The molecule has 2 heterocycles. The molecular formula is C18H14N2O6S. The van der Waals surface area contributed by atoms with Gasteiger partial charge in [-0.25, -0.2) is 4.79 Å². The van der Waals surface area contributed by atoms with Gasteiger partial charge in [0.2, 0.25) is 0 Å². The van der Waals surface area contributed by atoms with E-state index in [4.69, 9.17) is 9.15 Å². The number of hydrogen-bond donors (Lipinski definition) is 1. The van der Waals surface area contributed by atoms with Crippen molar-refractivity contribution in [1.29, 1.82) is 0 Å². The molecule has 9 heteroatoms. The summed E-state index contributed by atoms with van der Waals surface area (Å²) >= 11 is 1.18. The Kier molecular flexibility index (Phi) is 5.32. The second-order valence-electron chi connectivity index (χ2n) is 5.29. The van der Waals surface area contributed by atoms with E-state index in [1.54, 1.807) is 13.0 Å². The molecule has 0 unspecified atom stereocenters. The fourth-order valence-electron chi connectivity index (χ4n) is 2.31. The maximum Gasteiger partial charge on any atom is 0.433 e. The van der Waals surface area contributed by atoms with Gasteiger partial charge in [0.25, 0.3) is 5.91 Å². The number of nitro groups is 1. The first-order valence-electron chi connectivity index (χ1n) is 7.91. The van der Waals surface area contributed by atoms with Crippen LogP contribution in [0.25, 0.3) is 10.4 Å². The lowest BCUT2D eigenvalue weighted by atomic mass is 10.2. The largest absolute Gasteiger partial charge is 0.462 e. The third kappa shape index (κ3) is 4.04. The summed E-state index contributed by atoms with van der Waals surface area (Å²) in [6.45, 7) is 1.87. The van der Waals surface area contributed by atoms with Crippen molar-refractivity contribution in [2.75, 3.05) is 11.9 Å². The number of carbonyl (C=O) groups excluding carboxylic acids is 2. The van der Waals surface area contributed by atoms with Gasteiger partial charge in [-0.3, -0.25) is 14.9 Å². The van der Waals surface area contributed by atoms with Crippen LogP contribution in [0.2, 0.25) is 0 Å². The van der Waals surface area contributed by atoms with Crippen LogP contribution in [0.15, 0.2) is 52.9 Å². The van der Waals surface area contributed by atoms with Crippen LogP contribution in [0.3, 0.4) is 0 Å². The molecule has 2 aromatic heterocycles. The van der Waals surface area contributed by atoms with Crippen LogP contribution in [0, 0.1) is 10.1 Å². The summed E-state index contributed by atoms with van der Waals surface area (Å²) in [5.41, 5.74) is 1.13. The molecule has 1 amide bonds. The van der Waals surface area contributed by atoms with Gasteiger partial charge in [0.1, 0.15) is 9.80 Å². The van der Waals surface area contributed by atoms with Crippen molar-refractivity contribution in [1.82, 2.24) is 0 Å². The molecule has 0 bridgehead atoms. The Bertz CT molecular complexity index is 992. The van der Waals surface area contributed by atoms with E-state index >= 15 is 0 Å². The van der Waals surface area contributed by atoms with Crippen molar-refractivity contribution < 1.29 is 23.7 Å². The highest BCUT2D eigenvalue weighted by molar-refractivity contribution is 7.18. The monoisotopic (exact) mass is 386 g/mol. The Balaban J connectivity index is 1.92. The molecule has 0 saturated carbocycles. The zero-order chi connectivity index (χ0) is 19.4. The lowest BCUT2D eigenvalue weighted by molar-refractivity contribution is -0.402. The molecule has 0 saturated heterocycles. The molecule has 8 nitrogen and oxygen atoms in total. The molecule has 0 aliphatic carbocycles. The van der Waals surface area contributed by atoms with E-state index in [-0.39, 0.29) is 22.9 Å². The predicted molar refractivity (Wildman–Crippen MR) is 99.0 cm³/mol. The number of amides is 1. The van der Waals surface area contributed by atoms with E-state index in [1.165, 1.54) is 17.4 Å². The summed E-state index contributed by atoms with van der Waals surface area (Å²) < 4.78 is 9.94. The SMILES string of the molecule is CCOC(=O)c1sc(-c2ccccc2)cc1NC(=O)c1ccc([N+](=O)[O-])o1. The Morgan fingerprint density at radius 3 is 2.59 bits per heavy atom. The van der Waals surface area contributed by atoms with Gasteiger partial charge in [-0.1, -0.05) is 30.3 Å². The Hall–Kier alpha value is -3.46. The molecule has 0 aliphatic heterocycles. The van der Waals surface area contributed by atoms with Crippen LogP contribution in [0.1, 0.15) is 27.2 Å². The maximum atomic E-state index is 12.4. The quantitative estimate of drug-likeness (QED) is 0.383. The highest BCUT2D eigenvalue weighted by Gasteiger charge is 2.23. The molecule has 0 aliphatic rings. The van der Waals surface area contributed by atoms with Gasteiger partial charge in [0, 0.05) is 4.88 Å². The minimum atomic E-state index is -0.737. The number of thiophene rings is 1. The van der Waals surface area contributed by atoms with Crippen molar-refractivity contribution in [3.63, 3.8) is 0 Å². The van der Waals surface area contributed by atoms with E-state index in [2.05, 4.69) is 5.32 Å². The first-order chi connectivity index (χ1) is 13.0. The third-order valence-electron chi connectivity index (χ3n) is 3.49. The second kappa shape index (κ2) is 7.83. The standard InChI is InChI=1S/C18H14N2O6S/c1-2-25-18(22)16-12(10-14(27-16)11-6-4-3-5-7-11)19-17(21)13-8-9-15(26-13)20(23)24/h3-10H,2H2,1H3,(H,19,21). The highest BCUT2D eigenvalue weighted by atomic mass is 32.1. The predicted octanol–water partition coefficient (Wildman–Crippen LogP) is 4.35. The van der Waals surface area contributed by atoms with Crippen molar-refractivity contribution in [3.05, 3.63) is 69.3 Å². The third-order valence-corrected chi connectivity index (χ3v) is 4.66. The van der Waals surface area contributed by atoms with Gasteiger partial charge in [0.05, 0.1) is 18.4 Å². The molecule has 0 atom stereocenters. The van der Waals surface area contributed by atoms with Crippen molar-refractivity contribution in [2.24, 2.45) is 0 Å². The first-order valence-corrected chi connectivity index (χ1v) is 8.73. The summed E-state index contributed by atoms with van der Waals surface area (Å²) in [4.78, 5) is 35.5. The summed E-state index contributed by atoms with van der Waals surface area (Å²) in [6.07, 6.45) is 0. The fourth-order valence-corrected chi connectivity index (χ4v) is 3.32. The van der Waals surface area contributed by atoms with Crippen LogP contribution in [-0.4, -0.2) is 23.4 Å². The molecule has 0 fully saturated rings. The summed E-state index contributed by atoms with van der Waals surface area (Å²) in [5, 5.41) is 13.3. The molecule has 3 aromatic rings.